The molecule has 0 saturated carbocycles. The van der Waals surface area contributed by atoms with Gasteiger partial charge in [0.1, 0.15) is 97.7 Å². The average Bonchev–Trinajstić information content (AvgIpc) is 3.03. The standard InChI is InChI=1S/C24H42O21/c25-1-5-9(27)13(31)17(35)22(42-5)40-4-8-20(45-24-18(36)14(32)10(28)6(2-26)43-24)15(33)19(37)23(44-8)39-3-7-11(29)12(30)16(34)21(38)41-7/h5-38H,1-4H2/t5-,6-,7-,8-,9+,10-,11+,12+,13+,14-,15-,16-,17-,18+,19-,20+,21-,22+,23-,24-/m1/s1. The van der Waals surface area contributed by atoms with Crippen LogP contribution >= 0.6 is 0 Å². The smallest absolute Gasteiger partial charge is 0.187 e. The Morgan fingerprint density at radius 1 is 0.378 bits per heavy atom. The lowest BCUT2D eigenvalue weighted by atomic mass is 9.96. The summed E-state index contributed by atoms with van der Waals surface area (Å²) < 4.78 is 37.9. The second-order valence-corrected chi connectivity index (χ2v) is 11.2. The van der Waals surface area contributed by atoms with Crippen molar-refractivity contribution >= 4 is 0 Å². The largest absolute Gasteiger partial charge is 0.394 e. The molecule has 0 bridgehead atoms. The highest BCUT2D eigenvalue weighted by Crippen LogP contribution is 2.31. The first kappa shape index (κ1) is 37.0. The Balaban J connectivity index is 1.51. The van der Waals surface area contributed by atoms with Gasteiger partial charge in [0.15, 0.2) is 25.2 Å². The molecule has 4 aliphatic rings. The molecular formula is C24H42O21. The maximum absolute atomic E-state index is 11.0. The van der Waals surface area contributed by atoms with Crippen LogP contribution in [0.15, 0.2) is 0 Å². The second-order valence-electron chi connectivity index (χ2n) is 11.2. The minimum absolute atomic E-state index is 0.686. The zero-order valence-electron chi connectivity index (χ0n) is 23.5. The molecule has 4 fully saturated rings. The molecule has 21 heteroatoms. The first-order valence-corrected chi connectivity index (χ1v) is 14.1. The zero-order valence-corrected chi connectivity index (χ0v) is 23.5. The van der Waals surface area contributed by atoms with E-state index in [1.54, 1.807) is 0 Å². The van der Waals surface area contributed by atoms with Gasteiger partial charge in [-0.25, -0.2) is 0 Å². The molecule has 14 N–H and O–H groups in total. The Morgan fingerprint density at radius 2 is 0.778 bits per heavy atom. The molecule has 0 aromatic carbocycles. The summed E-state index contributed by atoms with van der Waals surface area (Å²) >= 11 is 0. The van der Waals surface area contributed by atoms with E-state index in [1.807, 2.05) is 0 Å². The topological polar surface area (TPSA) is 348 Å². The van der Waals surface area contributed by atoms with Crippen molar-refractivity contribution in [3.8, 4) is 0 Å². The van der Waals surface area contributed by atoms with Crippen LogP contribution in [0.25, 0.3) is 0 Å². The fourth-order valence-corrected chi connectivity index (χ4v) is 5.33. The third kappa shape index (κ3) is 7.75. The lowest BCUT2D eigenvalue weighted by molar-refractivity contribution is -0.370. The predicted octanol–water partition coefficient (Wildman–Crippen LogP) is -9.75. The number of aliphatic hydroxyl groups excluding tert-OH is 14. The molecule has 0 aromatic rings. The molecule has 0 unspecified atom stereocenters. The van der Waals surface area contributed by atoms with Gasteiger partial charge >= 0.3 is 0 Å². The zero-order chi connectivity index (χ0) is 33.3. The van der Waals surface area contributed by atoms with Gasteiger partial charge in [0.25, 0.3) is 0 Å². The summed E-state index contributed by atoms with van der Waals surface area (Å²) in [5.41, 5.74) is 0. The lowest BCUT2D eigenvalue weighted by Crippen LogP contribution is -2.65. The van der Waals surface area contributed by atoms with Crippen molar-refractivity contribution in [2.24, 2.45) is 0 Å². The van der Waals surface area contributed by atoms with E-state index in [9.17, 15) is 71.5 Å². The van der Waals surface area contributed by atoms with Gasteiger partial charge < -0.3 is 105 Å². The molecule has 4 rings (SSSR count). The van der Waals surface area contributed by atoms with E-state index in [4.69, 9.17) is 33.2 Å². The van der Waals surface area contributed by atoms with Crippen molar-refractivity contribution in [1.29, 1.82) is 0 Å². The molecule has 45 heavy (non-hydrogen) atoms. The van der Waals surface area contributed by atoms with Crippen LogP contribution in [0.5, 0.6) is 0 Å². The van der Waals surface area contributed by atoms with Gasteiger partial charge in [0, 0.05) is 0 Å². The van der Waals surface area contributed by atoms with Crippen LogP contribution in [0, 0.1) is 0 Å². The first-order chi connectivity index (χ1) is 21.2. The van der Waals surface area contributed by atoms with Crippen LogP contribution in [-0.2, 0) is 33.2 Å². The highest BCUT2D eigenvalue weighted by Gasteiger charge is 2.52. The maximum atomic E-state index is 11.0. The third-order valence-corrected chi connectivity index (χ3v) is 8.17. The Bertz CT molecular complexity index is 914. The van der Waals surface area contributed by atoms with Crippen molar-refractivity contribution in [3.05, 3.63) is 0 Å². The predicted molar refractivity (Wildman–Crippen MR) is 134 cm³/mol. The van der Waals surface area contributed by atoms with Crippen LogP contribution in [0.2, 0.25) is 0 Å². The van der Waals surface area contributed by atoms with Crippen LogP contribution in [-0.4, -0.2) is 221 Å². The minimum Gasteiger partial charge on any atom is -0.394 e. The molecule has 0 aromatic heterocycles. The lowest BCUT2D eigenvalue weighted by Gasteiger charge is -2.47. The Labute approximate surface area is 254 Å². The number of aliphatic hydroxyl groups is 14. The summed E-state index contributed by atoms with van der Waals surface area (Å²) in [5.74, 6) is 0. The van der Waals surface area contributed by atoms with E-state index in [0.717, 1.165) is 0 Å². The normalized spacial score (nSPS) is 52.9. The summed E-state index contributed by atoms with van der Waals surface area (Å²) in [6.45, 7) is -2.99. The van der Waals surface area contributed by atoms with Crippen molar-refractivity contribution in [2.45, 2.75) is 123 Å². The third-order valence-electron chi connectivity index (χ3n) is 8.17. The number of hydrogen-bond donors (Lipinski definition) is 14. The Morgan fingerprint density at radius 3 is 1.31 bits per heavy atom. The van der Waals surface area contributed by atoms with Crippen molar-refractivity contribution in [3.63, 3.8) is 0 Å². The summed E-state index contributed by atoms with van der Waals surface area (Å²) in [6.07, 6.45) is -35.0. The molecule has 4 saturated heterocycles. The summed E-state index contributed by atoms with van der Waals surface area (Å²) in [5, 5.41) is 141. The average molecular weight is 667 g/mol. The van der Waals surface area contributed by atoms with E-state index in [2.05, 4.69) is 0 Å². The van der Waals surface area contributed by atoms with Gasteiger partial charge in [-0.15, -0.1) is 0 Å². The SMILES string of the molecule is OC[C@H]1O[C@H](OC[C@H]2O[C@@H](OC[C@H]3O[C@@H](O)[C@H](O)[C@@H](O)[C@H]3O)[C@H](O)[C@@H](O)[C@H]2O[C@H]2O[C@H](CO)[C@@H](O)[C@@H](O)[C@@H]2O)[C@H](O)[C@@H](O)[C@H]1O. The van der Waals surface area contributed by atoms with Crippen molar-refractivity contribution in [1.82, 2.24) is 0 Å². The summed E-state index contributed by atoms with van der Waals surface area (Å²) in [7, 11) is 0. The maximum Gasteiger partial charge on any atom is 0.187 e. The molecule has 0 aliphatic carbocycles. The molecule has 0 radical (unpaired) electrons. The van der Waals surface area contributed by atoms with E-state index >= 15 is 0 Å². The van der Waals surface area contributed by atoms with Gasteiger partial charge in [-0.2, -0.15) is 0 Å². The highest BCUT2D eigenvalue weighted by atomic mass is 16.8. The van der Waals surface area contributed by atoms with Gasteiger partial charge in [0.05, 0.1) is 26.4 Å². The second kappa shape index (κ2) is 15.6. The van der Waals surface area contributed by atoms with E-state index < -0.39 is 149 Å². The molecule has 21 nitrogen and oxygen atoms in total. The van der Waals surface area contributed by atoms with Crippen molar-refractivity contribution < 1.29 is 105 Å². The number of ether oxygens (including phenoxy) is 7. The molecule has 20 atom stereocenters. The fourth-order valence-electron chi connectivity index (χ4n) is 5.33. The van der Waals surface area contributed by atoms with Gasteiger partial charge in [-0.3, -0.25) is 0 Å². The molecule has 4 aliphatic heterocycles. The summed E-state index contributed by atoms with van der Waals surface area (Å²) in [4.78, 5) is 0. The summed E-state index contributed by atoms with van der Waals surface area (Å²) in [6, 6.07) is 0. The van der Waals surface area contributed by atoms with Gasteiger partial charge in [0.2, 0.25) is 0 Å². The Hall–Kier alpha value is -0.840. The van der Waals surface area contributed by atoms with E-state index in [1.165, 1.54) is 0 Å². The van der Waals surface area contributed by atoms with Crippen molar-refractivity contribution in [2.75, 3.05) is 26.4 Å². The van der Waals surface area contributed by atoms with E-state index in [0.29, 0.717) is 0 Å². The molecule has 0 spiro atoms. The molecule has 4 heterocycles. The van der Waals surface area contributed by atoms with Crippen LogP contribution in [0.1, 0.15) is 0 Å². The highest BCUT2D eigenvalue weighted by molar-refractivity contribution is 4.96. The van der Waals surface area contributed by atoms with Crippen LogP contribution in [0.4, 0.5) is 0 Å². The fraction of sp³-hybridized carbons (Fsp3) is 1.00. The molecular weight excluding hydrogens is 624 g/mol. The number of hydrogen-bond acceptors (Lipinski definition) is 21. The minimum atomic E-state index is -1.98. The van der Waals surface area contributed by atoms with Gasteiger partial charge in [-0.05, 0) is 0 Å². The molecule has 0 amide bonds. The van der Waals surface area contributed by atoms with Crippen LogP contribution < -0.4 is 0 Å². The quantitative estimate of drug-likeness (QED) is 0.103. The van der Waals surface area contributed by atoms with Gasteiger partial charge in [-0.1, -0.05) is 0 Å². The monoisotopic (exact) mass is 666 g/mol. The van der Waals surface area contributed by atoms with E-state index in [-0.39, 0.29) is 0 Å². The first-order valence-electron chi connectivity index (χ1n) is 14.1. The molecule has 264 valence electrons. The Kier molecular flexibility index (Phi) is 12.8. The number of rotatable bonds is 10. The van der Waals surface area contributed by atoms with Crippen LogP contribution in [0.3, 0.4) is 0 Å².